The molecule has 5 rings (SSSR count). The van der Waals surface area contributed by atoms with Crippen molar-refractivity contribution >= 4 is 28.4 Å². The van der Waals surface area contributed by atoms with Crippen LogP contribution >= 0.6 is 0 Å². The number of para-hydroxylation sites is 1. The summed E-state index contributed by atoms with van der Waals surface area (Å²) in [5.41, 5.74) is 9.90. The Hall–Kier alpha value is -5.32. The molecular formula is C44H52N2O2. The van der Waals surface area contributed by atoms with Crippen molar-refractivity contribution < 1.29 is 10.2 Å². The second kappa shape index (κ2) is 20.7. The number of aryl methyl sites for hydroxylation is 1. The topological polar surface area (TPSA) is 47.2 Å². The molecule has 0 saturated heterocycles. The lowest BCUT2D eigenvalue weighted by Crippen LogP contribution is -2.15. The number of rotatable bonds is 10. The van der Waals surface area contributed by atoms with Crippen molar-refractivity contribution in [2.24, 2.45) is 0 Å². The van der Waals surface area contributed by atoms with Crippen LogP contribution in [0.3, 0.4) is 0 Å². The number of anilines is 5. The Balaban J connectivity index is 0.00000126. The molecule has 2 N–H and O–H groups in total. The van der Waals surface area contributed by atoms with E-state index in [4.69, 9.17) is 4.74 Å². The summed E-state index contributed by atoms with van der Waals surface area (Å²) in [4.78, 5) is 4.47. The Labute approximate surface area is 289 Å². The summed E-state index contributed by atoms with van der Waals surface area (Å²) in [6.45, 7) is 16.5. The number of nitrogens with zero attached hydrogens (tertiary/aromatic N) is 2. The average Bonchev–Trinajstić information content (AvgIpc) is 3.12. The lowest BCUT2D eigenvalue weighted by atomic mass is 10.0. The van der Waals surface area contributed by atoms with Gasteiger partial charge in [-0.05, 0) is 103 Å². The summed E-state index contributed by atoms with van der Waals surface area (Å²) in [7, 11) is 1.70. The highest BCUT2D eigenvalue weighted by Crippen LogP contribution is 2.37. The third-order valence-electron chi connectivity index (χ3n) is 7.10. The van der Waals surface area contributed by atoms with E-state index in [1.807, 2.05) is 57.2 Å². The number of ether oxygens (including phenoxy) is 1. The minimum absolute atomic E-state index is 0. The summed E-state index contributed by atoms with van der Waals surface area (Å²) < 4.78 is 5.51. The maximum absolute atomic E-state index is 5.51. The van der Waals surface area contributed by atoms with Crippen LogP contribution in [0.1, 0.15) is 46.6 Å². The zero-order chi connectivity index (χ0) is 34.0. The van der Waals surface area contributed by atoms with Crippen LogP contribution in [-0.2, 0) is 0 Å². The second-order valence-corrected chi connectivity index (χ2v) is 10.7. The minimum Gasteiger partial charge on any atom is -0.497 e. The van der Waals surface area contributed by atoms with Gasteiger partial charge in [-0.3, -0.25) is 0 Å². The predicted molar refractivity (Wildman–Crippen MR) is 210 cm³/mol. The van der Waals surface area contributed by atoms with Gasteiger partial charge in [-0.15, -0.1) is 0 Å². The highest BCUT2D eigenvalue weighted by atomic mass is 16.5. The summed E-state index contributed by atoms with van der Waals surface area (Å²) in [6.07, 6.45) is 9.30. The van der Waals surface area contributed by atoms with Gasteiger partial charge in [-0.25, -0.2) is 0 Å². The van der Waals surface area contributed by atoms with Gasteiger partial charge >= 0.3 is 0 Å². The van der Waals surface area contributed by atoms with Crippen molar-refractivity contribution in [2.75, 3.05) is 16.9 Å². The molecule has 4 nitrogen and oxygen atoms in total. The van der Waals surface area contributed by atoms with Crippen LogP contribution in [-0.4, -0.2) is 12.6 Å². The molecule has 0 spiro atoms. The zero-order valence-electron chi connectivity index (χ0n) is 29.7. The summed E-state index contributed by atoms with van der Waals surface area (Å²) >= 11 is 0. The molecule has 0 fully saturated rings. The fraction of sp³-hybridized carbons (Fsp3) is 0.182. The Morgan fingerprint density at radius 1 is 0.667 bits per heavy atom. The van der Waals surface area contributed by atoms with Gasteiger partial charge in [0.1, 0.15) is 5.75 Å². The third kappa shape index (κ3) is 10.3. The van der Waals surface area contributed by atoms with Gasteiger partial charge in [-0.1, -0.05) is 114 Å². The predicted octanol–water partition coefficient (Wildman–Crippen LogP) is 12.5. The average molecular weight is 641 g/mol. The second-order valence-electron chi connectivity index (χ2n) is 10.7. The van der Waals surface area contributed by atoms with Gasteiger partial charge in [0.05, 0.1) is 7.11 Å². The van der Waals surface area contributed by atoms with E-state index in [9.17, 15) is 0 Å². The number of methoxy groups -OCH3 is 1. The molecule has 0 heterocycles. The third-order valence-corrected chi connectivity index (χ3v) is 7.10. The fourth-order valence-corrected chi connectivity index (χ4v) is 5.02. The van der Waals surface area contributed by atoms with Gasteiger partial charge in [-0.2, -0.15) is 0 Å². The van der Waals surface area contributed by atoms with E-state index in [0.29, 0.717) is 0 Å². The quantitative estimate of drug-likeness (QED) is 0.143. The van der Waals surface area contributed by atoms with Gasteiger partial charge in [0.15, 0.2) is 0 Å². The van der Waals surface area contributed by atoms with Crippen molar-refractivity contribution in [2.45, 2.75) is 48.0 Å². The van der Waals surface area contributed by atoms with Crippen LogP contribution in [0.2, 0.25) is 0 Å². The van der Waals surface area contributed by atoms with Crippen LogP contribution in [0.15, 0.2) is 164 Å². The van der Waals surface area contributed by atoms with Crippen LogP contribution in [0.25, 0.3) is 11.1 Å². The van der Waals surface area contributed by atoms with Crippen molar-refractivity contribution in [1.29, 1.82) is 0 Å². The zero-order valence-corrected chi connectivity index (χ0v) is 29.7. The van der Waals surface area contributed by atoms with Gasteiger partial charge < -0.3 is 20.0 Å². The fourth-order valence-electron chi connectivity index (χ4n) is 5.02. The molecule has 5 aromatic rings. The number of benzene rings is 5. The smallest absolute Gasteiger partial charge is 0.120 e. The van der Waals surface area contributed by atoms with E-state index < -0.39 is 0 Å². The first-order chi connectivity index (χ1) is 23.0. The molecule has 48 heavy (non-hydrogen) atoms. The van der Waals surface area contributed by atoms with Crippen LogP contribution in [0, 0.1) is 6.92 Å². The maximum atomic E-state index is 5.51. The highest BCUT2D eigenvalue weighted by Gasteiger charge is 2.15. The molecule has 0 unspecified atom stereocenters. The molecule has 0 radical (unpaired) electrons. The molecule has 4 heteroatoms. The van der Waals surface area contributed by atoms with Crippen LogP contribution in [0.5, 0.6) is 5.75 Å². The first kappa shape index (κ1) is 38.9. The molecule has 0 atom stereocenters. The Morgan fingerprint density at radius 3 is 1.73 bits per heavy atom. The molecule has 0 aromatic heterocycles. The van der Waals surface area contributed by atoms with Crippen molar-refractivity contribution in [1.82, 2.24) is 0 Å². The van der Waals surface area contributed by atoms with Crippen LogP contribution in [0.4, 0.5) is 28.4 Å². The monoisotopic (exact) mass is 640 g/mol. The molecule has 0 aliphatic rings. The van der Waals surface area contributed by atoms with E-state index >= 15 is 0 Å². The Bertz CT molecular complexity index is 1710. The van der Waals surface area contributed by atoms with Crippen molar-refractivity contribution in [3.8, 4) is 16.9 Å². The molecule has 0 amide bonds. The number of hydrogen-bond donors (Lipinski definition) is 0. The number of hydrogen-bond acceptors (Lipinski definition) is 3. The Morgan fingerprint density at radius 2 is 1.19 bits per heavy atom. The highest BCUT2D eigenvalue weighted by molar-refractivity contribution is 5.79. The molecule has 250 valence electrons. The minimum atomic E-state index is 0. The molecule has 0 aliphatic carbocycles. The van der Waals surface area contributed by atoms with Crippen molar-refractivity contribution in [3.63, 3.8) is 0 Å². The molecule has 5 aromatic carbocycles. The lowest BCUT2D eigenvalue weighted by molar-refractivity contribution is 0.415. The van der Waals surface area contributed by atoms with E-state index in [-0.39, 0.29) is 5.48 Å². The molecule has 0 aliphatic heterocycles. The first-order valence-corrected chi connectivity index (χ1v) is 16.5. The largest absolute Gasteiger partial charge is 0.497 e. The number of allylic oxidation sites excluding steroid dienone is 4. The first-order valence-electron chi connectivity index (χ1n) is 16.5. The molecule has 0 saturated carbocycles. The summed E-state index contributed by atoms with van der Waals surface area (Å²) in [5, 5.41) is 0. The van der Waals surface area contributed by atoms with Crippen molar-refractivity contribution in [3.05, 3.63) is 170 Å². The summed E-state index contributed by atoms with van der Waals surface area (Å²) in [5.74, 6) is 0.824. The SMILES string of the molecule is C=C/C(=C\C=C/C)N(c1ccc(-c2ccc(N(c3ccccc3)c3cccc(OC)c3)cc2)cc1)c1cccc(C)c1.CC.CCC.O. The van der Waals surface area contributed by atoms with Gasteiger partial charge in [0.2, 0.25) is 0 Å². The van der Waals surface area contributed by atoms with E-state index in [2.05, 4.69) is 152 Å². The van der Waals surface area contributed by atoms with E-state index in [1.165, 1.54) is 12.0 Å². The lowest BCUT2D eigenvalue weighted by Gasteiger charge is -2.27. The van der Waals surface area contributed by atoms with Gasteiger partial charge in [0, 0.05) is 40.2 Å². The van der Waals surface area contributed by atoms with Gasteiger partial charge in [0.25, 0.3) is 0 Å². The standard InChI is InChI=1S/C39H36N2O.C3H8.C2H6.H2O/c1-5-7-14-33(6-2)40(37-17-11-13-30(3)28-37)35-24-20-31(21-25-35)32-22-26-36(27-23-32)41(34-15-9-8-10-16-34)38-18-12-19-39(29-38)42-4;1-3-2;1-2;/h5-29H,2H2,1,3-4H3;3H2,1-2H3;1-2H3;1H2/b7-5-,33-14+;;;. The Kier molecular flexibility index (Phi) is 16.8. The summed E-state index contributed by atoms with van der Waals surface area (Å²) in [6, 6.07) is 44.5. The maximum Gasteiger partial charge on any atom is 0.120 e. The van der Waals surface area contributed by atoms with E-state index in [0.717, 1.165) is 51.0 Å². The molecule has 0 bridgehead atoms. The van der Waals surface area contributed by atoms with E-state index in [1.54, 1.807) is 7.11 Å². The normalized spacial score (nSPS) is 10.4. The van der Waals surface area contributed by atoms with Crippen LogP contribution < -0.4 is 14.5 Å². The molecular weight excluding hydrogens is 588 g/mol.